The zero-order valence-electron chi connectivity index (χ0n) is 13.0. The summed E-state index contributed by atoms with van der Waals surface area (Å²) < 4.78 is 5.48. The van der Waals surface area contributed by atoms with Gasteiger partial charge >= 0.3 is 5.97 Å². The van der Waals surface area contributed by atoms with Crippen molar-refractivity contribution in [2.75, 3.05) is 0 Å². The number of carbonyl (C=O) groups is 2. The summed E-state index contributed by atoms with van der Waals surface area (Å²) in [6.07, 6.45) is 3.42. The van der Waals surface area contributed by atoms with Crippen LogP contribution < -0.4 is 4.74 Å². The molecule has 0 aromatic heterocycles. The van der Waals surface area contributed by atoms with Crippen molar-refractivity contribution in [3.8, 4) is 5.75 Å². The molecule has 0 amide bonds. The second-order valence-electron chi connectivity index (χ2n) is 5.96. The van der Waals surface area contributed by atoms with Crippen molar-refractivity contribution in [3.63, 3.8) is 0 Å². The molecule has 3 heteroatoms. The molecule has 1 aliphatic rings. The number of Topliss-reactive ketones (excluding diaryl/α,β-unsaturated/α-hetero) is 1. The highest BCUT2D eigenvalue weighted by Crippen LogP contribution is 2.33. The van der Waals surface area contributed by atoms with Gasteiger partial charge in [0.1, 0.15) is 5.75 Å². The van der Waals surface area contributed by atoms with Gasteiger partial charge in [-0.3, -0.25) is 9.59 Å². The molecule has 1 saturated carbocycles. The van der Waals surface area contributed by atoms with Gasteiger partial charge in [-0.05, 0) is 25.0 Å². The van der Waals surface area contributed by atoms with Crippen LogP contribution in [0.2, 0.25) is 0 Å². The summed E-state index contributed by atoms with van der Waals surface area (Å²) in [6, 6.07) is 18.3. The Morgan fingerprint density at radius 3 is 2.00 bits per heavy atom. The Morgan fingerprint density at radius 1 is 0.783 bits per heavy atom. The maximum Gasteiger partial charge on any atom is 0.315 e. The SMILES string of the molecule is O=C(Oc1ccccc1)[C@@H]1CCCC[C@H]1C(=O)c1ccccc1. The molecule has 0 saturated heterocycles. The van der Waals surface area contributed by atoms with Gasteiger partial charge in [0.25, 0.3) is 0 Å². The summed E-state index contributed by atoms with van der Waals surface area (Å²) in [5.41, 5.74) is 0.678. The molecule has 0 radical (unpaired) electrons. The molecule has 0 unspecified atom stereocenters. The smallest absolute Gasteiger partial charge is 0.315 e. The molecule has 3 nitrogen and oxygen atoms in total. The predicted octanol–water partition coefficient (Wildman–Crippen LogP) is 4.28. The number of para-hydroxylation sites is 1. The van der Waals surface area contributed by atoms with Crippen molar-refractivity contribution in [2.45, 2.75) is 25.7 Å². The molecule has 3 rings (SSSR count). The Morgan fingerprint density at radius 2 is 1.35 bits per heavy atom. The molecular weight excluding hydrogens is 288 g/mol. The summed E-state index contributed by atoms with van der Waals surface area (Å²) >= 11 is 0. The standard InChI is InChI=1S/C20H20O3/c21-19(15-9-3-1-4-10-15)17-13-7-8-14-18(17)20(22)23-16-11-5-2-6-12-16/h1-6,9-12,17-18H,7-8,13-14H2/t17-,18-/m1/s1. The fraction of sp³-hybridized carbons (Fsp3) is 0.300. The first kappa shape index (κ1) is 15.5. The fourth-order valence-electron chi connectivity index (χ4n) is 3.22. The van der Waals surface area contributed by atoms with Crippen molar-refractivity contribution in [3.05, 3.63) is 66.2 Å². The van der Waals surface area contributed by atoms with Crippen LogP contribution in [0.1, 0.15) is 36.0 Å². The molecule has 0 heterocycles. The zero-order chi connectivity index (χ0) is 16.1. The Labute approximate surface area is 136 Å². The summed E-state index contributed by atoms with van der Waals surface area (Å²) in [6.45, 7) is 0. The highest BCUT2D eigenvalue weighted by atomic mass is 16.5. The lowest BCUT2D eigenvalue weighted by Gasteiger charge is -2.28. The molecule has 1 fully saturated rings. The highest BCUT2D eigenvalue weighted by molar-refractivity contribution is 6.00. The number of ether oxygens (including phenoxy) is 1. The van der Waals surface area contributed by atoms with Gasteiger partial charge in [-0.25, -0.2) is 0 Å². The van der Waals surface area contributed by atoms with Crippen molar-refractivity contribution in [1.29, 1.82) is 0 Å². The molecule has 0 N–H and O–H groups in total. The number of hydrogen-bond acceptors (Lipinski definition) is 3. The lowest BCUT2D eigenvalue weighted by molar-refractivity contribution is -0.141. The van der Waals surface area contributed by atoms with Crippen LogP contribution in [-0.2, 0) is 4.79 Å². The lowest BCUT2D eigenvalue weighted by Crippen LogP contribution is -2.35. The first-order valence-electron chi connectivity index (χ1n) is 8.12. The summed E-state index contributed by atoms with van der Waals surface area (Å²) in [7, 11) is 0. The maximum atomic E-state index is 12.8. The third-order valence-electron chi connectivity index (χ3n) is 4.43. The third-order valence-corrected chi connectivity index (χ3v) is 4.43. The Bertz CT molecular complexity index is 664. The van der Waals surface area contributed by atoms with Gasteiger partial charge in [-0.2, -0.15) is 0 Å². The number of carbonyl (C=O) groups excluding carboxylic acids is 2. The molecule has 2 atom stereocenters. The topological polar surface area (TPSA) is 43.4 Å². The summed E-state index contributed by atoms with van der Waals surface area (Å²) in [5, 5.41) is 0. The van der Waals surface area contributed by atoms with E-state index in [-0.39, 0.29) is 23.6 Å². The first-order valence-corrected chi connectivity index (χ1v) is 8.12. The average Bonchev–Trinajstić information content (AvgIpc) is 2.62. The van der Waals surface area contributed by atoms with Crippen LogP contribution in [0.15, 0.2) is 60.7 Å². The third kappa shape index (κ3) is 3.67. The Hall–Kier alpha value is -2.42. The van der Waals surface area contributed by atoms with Crippen molar-refractivity contribution >= 4 is 11.8 Å². The second-order valence-corrected chi connectivity index (χ2v) is 5.96. The fourth-order valence-corrected chi connectivity index (χ4v) is 3.22. The van der Waals surface area contributed by atoms with E-state index in [4.69, 9.17) is 4.74 Å². The number of esters is 1. The minimum atomic E-state index is -0.350. The monoisotopic (exact) mass is 308 g/mol. The zero-order valence-corrected chi connectivity index (χ0v) is 13.0. The molecule has 2 aromatic carbocycles. The number of rotatable bonds is 4. The Balaban J connectivity index is 1.76. The van der Waals surface area contributed by atoms with E-state index in [1.165, 1.54) is 0 Å². The summed E-state index contributed by atoms with van der Waals surface area (Å²) in [4.78, 5) is 25.3. The molecule has 1 aliphatic carbocycles. The van der Waals surface area contributed by atoms with E-state index in [1.807, 2.05) is 48.5 Å². The van der Waals surface area contributed by atoms with Crippen LogP contribution in [-0.4, -0.2) is 11.8 Å². The largest absolute Gasteiger partial charge is 0.426 e. The molecule has 23 heavy (non-hydrogen) atoms. The van der Waals surface area contributed by atoms with Crippen LogP contribution in [0, 0.1) is 11.8 Å². The minimum absolute atomic E-state index is 0.0558. The van der Waals surface area contributed by atoms with E-state index in [1.54, 1.807) is 12.1 Å². The van der Waals surface area contributed by atoms with Crippen LogP contribution in [0.5, 0.6) is 5.75 Å². The number of benzene rings is 2. The second kappa shape index (κ2) is 7.23. The van der Waals surface area contributed by atoms with Crippen LogP contribution in [0.4, 0.5) is 0 Å². The van der Waals surface area contributed by atoms with Crippen molar-refractivity contribution in [2.24, 2.45) is 11.8 Å². The van der Waals surface area contributed by atoms with E-state index in [2.05, 4.69) is 0 Å². The van der Waals surface area contributed by atoms with E-state index in [0.717, 1.165) is 25.7 Å². The van der Waals surface area contributed by atoms with E-state index in [0.29, 0.717) is 11.3 Å². The number of ketones is 1. The van der Waals surface area contributed by atoms with Gasteiger partial charge in [0.2, 0.25) is 0 Å². The van der Waals surface area contributed by atoms with Crippen LogP contribution in [0.25, 0.3) is 0 Å². The van der Waals surface area contributed by atoms with Gasteiger partial charge in [-0.1, -0.05) is 61.4 Å². The minimum Gasteiger partial charge on any atom is -0.426 e. The van der Waals surface area contributed by atoms with Gasteiger partial charge in [0, 0.05) is 11.5 Å². The highest BCUT2D eigenvalue weighted by Gasteiger charge is 2.37. The van der Waals surface area contributed by atoms with E-state index < -0.39 is 0 Å². The molecule has 0 spiro atoms. The van der Waals surface area contributed by atoms with Gasteiger partial charge in [-0.15, -0.1) is 0 Å². The van der Waals surface area contributed by atoms with Crippen LogP contribution >= 0.6 is 0 Å². The maximum absolute atomic E-state index is 12.8. The molecule has 118 valence electrons. The molecular formula is C20H20O3. The molecule has 2 aromatic rings. The van der Waals surface area contributed by atoms with Gasteiger partial charge in [0.15, 0.2) is 5.78 Å². The quantitative estimate of drug-likeness (QED) is 0.481. The van der Waals surface area contributed by atoms with Crippen molar-refractivity contribution in [1.82, 2.24) is 0 Å². The van der Waals surface area contributed by atoms with Gasteiger partial charge in [0.05, 0.1) is 5.92 Å². The number of hydrogen-bond donors (Lipinski definition) is 0. The normalized spacial score (nSPS) is 20.7. The average molecular weight is 308 g/mol. The van der Waals surface area contributed by atoms with E-state index >= 15 is 0 Å². The van der Waals surface area contributed by atoms with Gasteiger partial charge < -0.3 is 4.74 Å². The summed E-state index contributed by atoms with van der Waals surface area (Å²) in [5.74, 6) is -0.321. The van der Waals surface area contributed by atoms with E-state index in [9.17, 15) is 9.59 Å². The van der Waals surface area contributed by atoms with Crippen LogP contribution in [0.3, 0.4) is 0 Å². The van der Waals surface area contributed by atoms with Crippen molar-refractivity contribution < 1.29 is 14.3 Å². The lowest BCUT2D eigenvalue weighted by atomic mass is 9.75. The predicted molar refractivity (Wildman–Crippen MR) is 88.3 cm³/mol. The molecule has 0 bridgehead atoms. The first-order chi connectivity index (χ1) is 11.3. The molecule has 0 aliphatic heterocycles. The Kier molecular flexibility index (Phi) is 4.86.